The number of nitrogens with one attached hydrogen (secondary N) is 1. The largest absolute Gasteiger partial charge is 0.325 e. The number of carbonyl (C=O) groups excluding carboxylic acids is 1. The fourth-order valence-electron chi connectivity index (χ4n) is 1.60. The van der Waals surface area contributed by atoms with Crippen molar-refractivity contribution in [2.45, 2.75) is 17.1 Å². The van der Waals surface area contributed by atoms with Crippen LogP contribution in [0.25, 0.3) is 0 Å². The van der Waals surface area contributed by atoms with Crippen LogP contribution in [-0.4, -0.2) is 11.2 Å². The van der Waals surface area contributed by atoms with Gasteiger partial charge in [0.05, 0.1) is 15.3 Å². The molecule has 1 amide bonds. The SMILES string of the molecule is C[C@@H](Sc1c(Cl)cccc1Cl)C(=O)Nc1ccc(Cl)cc1. The minimum Gasteiger partial charge on any atom is -0.325 e. The summed E-state index contributed by atoms with van der Waals surface area (Å²) in [5.41, 5.74) is 0.696. The van der Waals surface area contributed by atoms with E-state index in [1.54, 1.807) is 49.4 Å². The molecule has 2 aromatic rings. The number of benzene rings is 2. The Morgan fingerprint density at radius 1 is 1.05 bits per heavy atom. The predicted octanol–water partition coefficient (Wildman–Crippen LogP) is 5.77. The van der Waals surface area contributed by atoms with E-state index in [0.717, 1.165) is 0 Å². The maximum absolute atomic E-state index is 12.2. The molecule has 0 aliphatic heterocycles. The molecule has 0 radical (unpaired) electrons. The van der Waals surface area contributed by atoms with E-state index in [2.05, 4.69) is 5.32 Å². The second kappa shape index (κ2) is 7.41. The van der Waals surface area contributed by atoms with Crippen LogP contribution in [0.2, 0.25) is 15.1 Å². The van der Waals surface area contributed by atoms with Crippen LogP contribution in [0.4, 0.5) is 5.69 Å². The molecule has 0 aromatic heterocycles. The first-order valence-electron chi connectivity index (χ1n) is 6.14. The van der Waals surface area contributed by atoms with Crippen LogP contribution in [0.15, 0.2) is 47.4 Å². The van der Waals surface area contributed by atoms with Crippen LogP contribution in [0.1, 0.15) is 6.92 Å². The molecule has 0 saturated heterocycles. The number of carbonyl (C=O) groups is 1. The van der Waals surface area contributed by atoms with Crippen molar-refractivity contribution in [3.8, 4) is 0 Å². The van der Waals surface area contributed by atoms with Gasteiger partial charge in [-0.3, -0.25) is 4.79 Å². The van der Waals surface area contributed by atoms with Crippen molar-refractivity contribution in [1.82, 2.24) is 0 Å². The van der Waals surface area contributed by atoms with Gasteiger partial charge in [0.1, 0.15) is 0 Å². The Hall–Kier alpha value is -0.870. The molecule has 1 atom stereocenters. The number of hydrogen-bond donors (Lipinski definition) is 1. The minimum absolute atomic E-state index is 0.127. The molecule has 2 aromatic carbocycles. The molecular formula is C15H12Cl3NOS. The molecule has 0 aliphatic carbocycles. The topological polar surface area (TPSA) is 29.1 Å². The normalized spacial score (nSPS) is 12.0. The Morgan fingerprint density at radius 3 is 2.19 bits per heavy atom. The first-order valence-corrected chi connectivity index (χ1v) is 8.16. The average Bonchev–Trinajstić information content (AvgIpc) is 2.45. The van der Waals surface area contributed by atoms with Gasteiger partial charge in [0.25, 0.3) is 0 Å². The van der Waals surface area contributed by atoms with E-state index in [1.165, 1.54) is 11.8 Å². The summed E-state index contributed by atoms with van der Waals surface area (Å²) >= 11 is 19.3. The van der Waals surface area contributed by atoms with E-state index in [0.29, 0.717) is 25.7 Å². The molecule has 0 spiro atoms. The monoisotopic (exact) mass is 359 g/mol. The zero-order chi connectivity index (χ0) is 15.4. The molecular weight excluding hydrogens is 349 g/mol. The fraction of sp³-hybridized carbons (Fsp3) is 0.133. The van der Waals surface area contributed by atoms with Gasteiger partial charge < -0.3 is 5.32 Å². The highest BCUT2D eigenvalue weighted by atomic mass is 35.5. The van der Waals surface area contributed by atoms with Gasteiger partial charge >= 0.3 is 0 Å². The number of thioether (sulfide) groups is 1. The van der Waals surface area contributed by atoms with Gasteiger partial charge in [0, 0.05) is 15.6 Å². The van der Waals surface area contributed by atoms with E-state index in [1.807, 2.05) is 0 Å². The Labute approximate surface area is 142 Å². The quantitative estimate of drug-likeness (QED) is 0.702. The molecule has 6 heteroatoms. The second-order valence-corrected chi connectivity index (χ2v) is 6.91. The van der Waals surface area contributed by atoms with Crippen molar-refractivity contribution in [3.05, 3.63) is 57.5 Å². The molecule has 110 valence electrons. The molecule has 0 fully saturated rings. The first-order chi connectivity index (χ1) is 9.97. The summed E-state index contributed by atoms with van der Waals surface area (Å²) in [6.45, 7) is 1.80. The summed E-state index contributed by atoms with van der Waals surface area (Å²) in [6.07, 6.45) is 0. The Balaban J connectivity index is 2.04. The minimum atomic E-state index is -0.335. The lowest BCUT2D eigenvalue weighted by molar-refractivity contribution is -0.115. The fourth-order valence-corrected chi connectivity index (χ4v) is 3.27. The number of anilines is 1. The number of halogens is 3. The Morgan fingerprint density at radius 2 is 1.62 bits per heavy atom. The lowest BCUT2D eigenvalue weighted by Crippen LogP contribution is -2.22. The summed E-state index contributed by atoms with van der Waals surface area (Å²) in [6, 6.07) is 12.2. The molecule has 0 unspecified atom stereocenters. The first kappa shape index (κ1) is 16.5. The van der Waals surface area contributed by atoms with E-state index in [-0.39, 0.29) is 11.2 Å². The molecule has 0 aliphatic rings. The van der Waals surface area contributed by atoms with Crippen molar-refractivity contribution in [1.29, 1.82) is 0 Å². The van der Waals surface area contributed by atoms with E-state index in [4.69, 9.17) is 34.8 Å². The van der Waals surface area contributed by atoms with Crippen LogP contribution < -0.4 is 5.32 Å². The van der Waals surface area contributed by atoms with Gasteiger partial charge in [-0.15, -0.1) is 11.8 Å². The zero-order valence-electron chi connectivity index (χ0n) is 11.1. The second-order valence-electron chi connectivity index (χ2n) is 4.31. The van der Waals surface area contributed by atoms with E-state index < -0.39 is 0 Å². The van der Waals surface area contributed by atoms with Crippen molar-refractivity contribution >= 4 is 58.2 Å². The van der Waals surface area contributed by atoms with Gasteiger partial charge in [-0.2, -0.15) is 0 Å². The Kier molecular flexibility index (Phi) is 5.82. The zero-order valence-corrected chi connectivity index (χ0v) is 14.2. The van der Waals surface area contributed by atoms with Gasteiger partial charge in [0.2, 0.25) is 5.91 Å². The predicted molar refractivity (Wildman–Crippen MR) is 91.9 cm³/mol. The van der Waals surface area contributed by atoms with Crippen LogP contribution in [0.5, 0.6) is 0 Å². The van der Waals surface area contributed by atoms with Crippen LogP contribution in [0.3, 0.4) is 0 Å². The van der Waals surface area contributed by atoms with Gasteiger partial charge in [-0.1, -0.05) is 40.9 Å². The maximum Gasteiger partial charge on any atom is 0.237 e. The van der Waals surface area contributed by atoms with Crippen molar-refractivity contribution in [2.75, 3.05) is 5.32 Å². The van der Waals surface area contributed by atoms with Crippen LogP contribution >= 0.6 is 46.6 Å². The molecule has 1 N–H and O–H groups in total. The van der Waals surface area contributed by atoms with Crippen molar-refractivity contribution < 1.29 is 4.79 Å². The van der Waals surface area contributed by atoms with Crippen LogP contribution in [-0.2, 0) is 4.79 Å². The smallest absolute Gasteiger partial charge is 0.237 e. The van der Waals surface area contributed by atoms with Gasteiger partial charge in [-0.05, 0) is 43.3 Å². The lowest BCUT2D eigenvalue weighted by atomic mass is 10.3. The third-order valence-electron chi connectivity index (χ3n) is 2.69. The number of hydrogen-bond acceptors (Lipinski definition) is 2. The molecule has 0 saturated carbocycles. The molecule has 0 heterocycles. The summed E-state index contributed by atoms with van der Waals surface area (Å²) in [4.78, 5) is 12.9. The van der Waals surface area contributed by atoms with Gasteiger partial charge in [0.15, 0.2) is 0 Å². The highest BCUT2D eigenvalue weighted by Crippen LogP contribution is 2.36. The van der Waals surface area contributed by atoms with Crippen molar-refractivity contribution in [3.63, 3.8) is 0 Å². The standard InChI is InChI=1S/C15H12Cl3NOS/c1-9(21-14-12(17)3-2-4-13(14)18)15(20)19-11-7-5-10(16)6-8-11/h2-9H,1H3,(H,19,20)/t9-/m1/s1. The van der Waals surface area contributed by atoms with Crippen molar-refractivity contribution in [2.24, 2.45) is 0 Å². The molecule has 2 rings (SSSR count). The van der Waals surface area contributed by atoms with Gasteiger partial charge in [-0.25, -0.2) is 0 Å². The van der Waals surface area contributed by atoms with E-state index >= 15 is 0 Å². The van der Waals surface area contributed by atoms with E-state index in [9.17, 15) is 4.79 Å². The third-order valence-corrected chi connectivity index (χ3v) is 5.04. The summed E-state index contributed by atoms with van der Waals surface area (Å²) < 4.78 is 0. The highest BCUT2D eigenvalue weighted by molar-refractivity contribution is 8.00. The molecule has 0 bridgehead atoms. The summed E-state index contributed by atoms with van der Waals surface area (Å²) in [5, 5.41) is 4.19. The number of amides is 1. The molecule has 21 heavy (non-hydrogen) atoms. The Bertz CT molecular complexity index is 626. The number of rotatable bonds is 4. The summed E-state index contributed by atoms with van der Waals surface area (Å²) in [5.74, 6) is -0.127. The van der Waals surface area contributed by atoms with Crippen LogP contribution in [0, 0.1) is 0 Å². The molecule has 2 nitrogen and oxygen atoms in total. The summed E-state index contributed by atoms with van der Waals surface area (Å²) in [7, 11) is 0. The average molecular weight is 361 g/mol. The lowest BCUT2D eigenvalue weighted by Gasteiger charge is -2.14. The highest BCUT2D eigenvalue weighted by Gasteiger charge is 2.17. The maximum atomic E-state index is 12.2. The third kappa shape index (κ3) is 4.55.